The Labute approximate surface area is 192 Å². The first-order valence-corrected chi connectivity index (χ1v) is 11.4. The van der Waals surface area contributed by atoms with E-state index >= 15 is 0 Å². The van der Waals surface area contributed by atoms with Crippen LogP contribution in [0.4, 0.5) is 17.1 Å². The van der Waals surface area contributed by atoms with E-state index in [-0.39, 0.29) is 11.6 Å². The Bertz CT molecular complexity index is 1350. The minimum atomic E-state index is -0.422. The van der Waals surface area contributed by atoms with Crippen LogP contribution >= 0.6 is 23.1 Å². The second kappa shape index (κ2) is 8.60. The predicted octanol–water partition coefficient (Wildman–Crippen LogP) is 6.12. The number of hydrogen-bond donors (Lipinski definition) is 2. The lowest BCUT2D eigenvalue weighted by Crippen LogP contribution is -2.11. The number of benzene rings is 2. The van der Waals surface area contributed by atoms with Gasteiger partial charge in [0.1, 0.15) is 9.71 Å². The van der Waals surface area contributed by atoms with E-state index in [0.717, 1.165) is 36.8 Å². The average molecular weight is 465 g/mol. The molecule has 0 aliphatic rings. The summed E-state index contributed by atoms with van der Waals surface area (Å²) in [5.41, 5.74) is 10.5. The van der Waals surface area contributed by atoms with E-state index < -0.39 is 4.92 Å². The zero-order valence-electron chi connectivity index (χ0n) is 17.6. The van der Waals surface area contributed by atoms with E-state index in [1.807, 2.05) is 45.0 Å². The molecule has 32 heavy (non-hydrogen) atoms. The number of hydrogen-bond acceptors (Lipinski definition) is 7. The molecule has 4 rings (SSSR count). The lowest BCUT2D eigenvalue weighted by atomic mass is 10.1. The van der Waals surface area contributed by atoms with Crippen LogP contribution in [0.2, 0.25) is 0 Å². The number of nitrogens with two attached hydrogens (primary N) is 1. The van der Waals surface area contributed by atoms with Gasteiger partial charge in [-0.2, -0.15) is 0 Å². The van der Waals surface area contributed by atoms with E-state index in [2.05, 4.69) is 10.3 Å². The van der Waals surface area contributed by atoms with Gasteiger partial charge in [0.25, 0.3) is 11.6 Å². The number of aryl methyl sites for hydroxylation is 2. The number of carbonyl (C=O) groups is 1. The van der Waals surface area contributed by atoms with Crippen molar-refractivity contribution < 1.29 is 9.72 Å². The summed E-state index contributed by atoms with van der Waals surface area (Å²) in [5, 5.41) is 14.5. The van der Waals surface area contributed by atoms with Crippen molar-refractivity contribution in [3.63, 3.8) is 0 Å². The quantitative estimate of drug-likeness (QED) is 0.272. The molecule has 2 aromatic heterocycles. The van der Waals surface area contributed by atoms with E-state index in [0.29, 0.717) is 16.3 Å². The number of amides is 1. The summed E-state index contributed by atoms with van der Waals surface area (Å²) in [4.78, 5) is 30.9. The van der Waals surface area contributed by atoms with Crippen molar-refractivity contribution in [3.05, 3.63) is 80.3 Å². The van der Waals surface area contributed by atoms with Crippen LogP contribution in [0, 0.1) is 30.9 Å². The first-order valence-electron chi connectivity index (χ1n) is 9.74. The largest absolute Gasteiger partial charge is 0.397 e. The van der Waals surface area contributed by atoms with E-state index in [1.54, 1.807) is 12.1 Å². The molecule has 0 bridgehead atoms. The van der Waals surface area contributed by atoms with Gasteiger partial charge >= 0.3 is 0 Å². The molecule has 0 atom stereocenters. The van der Waals surface area contributed by atoms with Crippen molar-refractivity contribution in [1.82, 2.24) is 4.98 Å². The molecule has 1 amide bonds. The molecule has 0 aliphatic heterocycles. The fraction of sp³-hybridized carbons (Fsp3) is 0.130. The van der Waals surface area contributed by atoms with Crippen molar-refractivity contribution in [3.8, 4) is 0 Å². The summed E-state index contributed by atoms with van der Waals surface area (Å²) >= 11 is 2.78. The Balaban J connectivity index is 1.50. The van der Waals surface area contributed by atoms with Gasteiger partial charge in [0.2, 0.25) is 0 Å². The normalized spacial score (nSPS) is 11.0. The fourth-order valence-corrected chi connectivity index (χ4v) is 5.22. The van der Waals surface area contributed by atoms with Gasteiger partial charge in [-0.3, -0.25) is 14.9 Å². The van der Waals surface area contributed by atoms with Gasteiger partial charge in [-0.1, -0.05) is 11.8 Å². The molecule has 0 saturated heterocycles. The van der Waals surface area contributed by atoms with E-state index in [4.69, 9.17) is 5.73 Å². The van der Waals surface area contributed by atoms with Crippen LogP contribution in [0.15, 0.2) is 58.3 Å². The molecule has 4 aromatic rings. The third-order valence-electron chi connectivity index (χ3n) is 5.28. The van der Waals surface area contributed by atoms with Crippen LogP contribution < -0.4 is 11.1 Å². The maximum atomic E-state index is 12.9. The predicted molar refractivity (Wildman–Crippen MR) is 130 cm³/mol. The number of non-ortho nitro benzene ring substituents is 1. The Morgan fingerprint density at radius 2 is 1.62 bits per heavy atom. The minimum Gasteiger partial charge on any atom is -0.397 e. The number of anilines is 2. The summed E-state index contributed by atoms with van der Waals surface area (Å²) in [6.07, 6.45) is 0. The first-order chi connectivity index (χ1) is 15.2. The zero-order valence-corrected chi connectivity index (χ0v) is 19.3. The topological polar surface area (TPSA) is 111 Å². The Kier molecular flexibility index (Phi) is 5.86. The van der Waals surface area contributed by atoms with E-state index in [9.17, 15) is 14.9 Å². The number of nitro benzene ring substituents is 1. The monoisotopic (exact) mass is 464 g/mol. The van der Waals surface area contributed by atoms with Crippen LogP contribution in [0.25, 0.3) is 10.2 Å². The van der Waals surface area contributed by atoms with Crippen LogP contribution in [0.1, 0.15) is 26.5 Å². The van der Waals surface area contributed by atoms with Gasteiger partial charge in [-0.15, -0.1) is 11.3 Å². The van der Waals surface area contributed by atoms with Crippen LogP contribution in [0.5, 0.6) is 0 Å². The molecule has 0 aliphatic carbocycles. The van der Waals surface area contributed by atoms with Gasteiger partial charge in [0.15, 0.2) is 0 Å². The summed E-state index contributed by atoms with van der Waals surface area (Å²) in [6.45, 7) is 5.95. The van der Waals surface area contributed by atoms with Crippen LogP contribution in [-0.2, 0) is 0 Å². The third kappa shape index (κ3) is 4.17. The number of thiophene rings is 1. The van der Waals surface area contributed by atoms with Crippen LogP contribution in [0.3, 0.4) is 0 Å². The number of nitrogen functional groups attached to an aromatic ring is 1. The van der Waals surface area contributed by atoms with Crippen molar-refractivity contribution in [1.29, 1.82) is 0 Å². The Morgan fingerprint density at radius 3 is 2.22 bits per heavy atom. The smallest absolute Gasteiger partial charge is 0.269 e. The molecule has 3 N–H and O–H groups in total. The molecular formula is C23H20N4O3S2. The lowest BCUT2D eigenvalue weighted by Gasteiger charge is -2.07. The number of rotatable bonds is 5. The fourth-order valence-electron chi connectivity index (χ4n) is 3.30. The second-order valence-electron chi connectivity index (χ2n) is 7.30. The van der Waals surface area contributed by atoms with E-state index in [1.165, 1.54) is 35.2 Å². The molecule has 162 valence electrons. The maximum Gasteiger partial charge on any atom is 0.269 e. The number of fused-ring (bicyclic) bond motifs is 1. The van der Waals surface area contributed by atoms with Crippen molar-refractivity contribution in [2.24, 2.45) is 0 Å². The molecule has 2 heterocycles. The molecule has 0 spiro atoms. The molecule has 0 fully saturated rings. The number of aromatic nitrogens is 1. The highest BCUT2D eigenvalue weighted by Gasteiger charge is 2.20. The summed E-state index contributed by atoms with van der Waals surface area (Å²) < 4.78 is 0. The number of pyridine rings is 1. The lowest BCUT2D eigenvalue weighted by molar-refractivity contribution is -0.384. The van der Waals surface area contributed by atoms with Gasteiger partial charge in [0, 0.05) is 38.7 Å². The molecular weight excluding hydrogens is 444 g/mol. The van der Waals surface area contributed by atoms with Crippen molar-refractivity contribution >= 4 is 56.3 Å². The highest BCUT2D eigenvalue weighted by atomic mass is 32.2. The zero-order chi connectivity index (χ0) is 23.0. The molecule has 7 nitrogen and oxygen atoms in total. The van der Waals surface area contributed by atoms with Gasteiger partial charge in [-0.05, 0) is 68.3 Å². The minimum absolute atomic E-state index is 0.0589. The molecule has 2 aromatic carbocycles. The number of nitro groups is 1. The maximum absolute atomic E-state index is 12.9. The molecule has 0 unspecified atom stereocenters. The summed E-state index contributed by atoms with van der Waals surface area (Å²) in [5.74, 6) is -0.268. The first kappa shape index (κ1) is 21.8. The highest BCUT2D eigenvalue weighted by Crippen LogP contribution is 2.37. The van der Waals surface area contributed by atoms with Gasteiger partial charge < -0.3 is 11.1 Å². The summed E-state index contributed by atoms with van der Waals surface area (Å²) in [7, 11) is 0. The number of nitrogens with one attached hydrogen (secondary N) is 1. The second-order valence-corrected chi connectivity index (χ2v) is 9.45. The third-order valence-corrected chi connectivity index (χ3v) is 7.39. The summed E-state index contributed by atoms with van der Waals surface area (Å²) in [6, 6.07) is 13.8. The van der Waals surface area contributed by atoms with Gasteiger partial charge in [-0.25, -0.2) is 4.98 Å². The molecule has 0 saturated carbocycles. The van der Waals surface area contributed by atoms with Crippen LogP contribution in [-0.4, -0.2) is 15.8 Å². The molecule has 0 radical (unpaired) electrons. The Morgan fingerprint density at radius 1 is 1.03 bits per heavy atom. The van der Waals surface area contributed by atoms with Crippen molar-refractivity contribution in [2.45, 2.75) is 30.6 Å². The van der Waals surface area contributed by atoms with Gasteiger partial charge in [0.05, 0.1) is 10.6 Å². The number of nitrogens with zero attached hydrogens (tertiary/aromatic N) is 2. The Hall–Kier alpha value is -3.43. The van der Waals surface area contributed by atoms with Crippen molar-refractivity contribution in [2.75, 3.05) is 11.1 Å². The SMILES string of the molecule is Cc1nc2sc(C(=O)Nc3ccc(Sc4ccc([N+](=O)[O-])cc4)cc3)c(N)c2c(C)c1C. The average Bonchev–Trinajstić information content (AvgIpc) is 3.10. The molecule has 9 heteroatoms. The number of carbonyl (C=O) groups excluding carboxylic acids is 1. The standard InChI is InChI=1S/C23H20N4O3S2/c1-12-13(2)19-20(24)21(32-23(19)25-14(12)3)22(28)26-15-4-8-17(9-5-15)31-18-10-6-16(7-11-18)27(29)30/h4-11H,24H2,1-3H3,(H,26,28). The highest BCUT2D eigenvalue weighted by molar-refractivity contribution is 7.99.